The third-order valence-corrected chi connectivity index (χ3v) is 3.62. The van der Waals surface area contributed by atoms with Gasteiger partial charge in [-0.25, -0.2) is 9.97 Å². The van der Waals surface area contributed by atoms with E-state index in [1.165, 1.54) is 0 Å². The quantitative estimate of drug-likeness (QED) is 0.864. The van der Waals surface area contributed by atoms with E-state index in [9.17, 15) is 5.11 Å². The Morgan fingerprint density at radius 3 is 2.68 bits per heavy atom. The van der Waals surface area contributed by atoms with Gasteiger partial charge in [0.25, 0.3) is 0 Å². The monoisotopic (exact) mass is 262 g/mol. The normalized spacial score (nSPS) is 11.4. The Kier molecular flexibility index (Phi) is 4.37. The number of fused-ring (bicyclic) bond motifs is 1. The van der Waals surface area contributed by atoms with Crippen LogP contribution in [0.1, 0.15) is 26.7 Å². The maximum Gasteiger partial charge on any atom is 0.157 e. The van der Waals surface area contributed by atoms with Gasteiger partial charge in [0.2, 0.25) is 0 Å². The van der Waals surface area contributed by atoms with Crippen LogP contribution in [0.3, 0.4) is 0 Å². The molecule has 2 aromatic heterocycles. The predicted molar refractivity (Wildman–Crippen MR) is 77.3 cm³/mol. The van der Waals surface area contributed by atoms with E-state index in [1.54, 1.807) is 6.33 Å². The van der Waals surface area contributed by atoms with Crippen LogP contribution in [0.25, 0.3) is 11.0 Å². The van der Waals surface area contributed by atoms with Crippen molar-refractivity contribution in [2.75, 3.05) is 18.1 Å². The molecule has 0 saturated carbocycles. The van der Waals surface area contributed by atoms with E-state index in [0.29, 0.717) is 12.6 Å². The summed E-state index contributed by atoms with van der Waals surface area (Å²) >= 11 is 0. The minimum Gasteiger partial charge on any atom is -0.395 e. The molecule has 2 heterocycles. The molecule has 0 bridgehead atoms. The zero-order valence-electron chi connectivity index (χ0n) is 11.9. The van der Waals surface area contributed by atoms with Crippen LogP contribution in [-0.4, -0.2) is 38.8 Å². The average molecular weight is 262 g/mol. The smallest absolute Gasteiger partial charge is 0.157 e. The van der Waals surface area contributed by atoms with Gasteiger partial charge in [0.15, 0.2) is 5.82 Å². The van der Waals surface area contributed by atoms with Crippen molar-refractivity contribution < 1.29 is 5.11 Å². The first kappa shape index (κ1) is 13.8. The topological polar surface area (TPSA) is 54.2 Å². The second kappa shape index (κ2) is 6.02. The van der Waals surface area contributed by atoms with Gasteiger partial charge >= 0.3 is 0 Å². The SMILES string of the molecule is CCC(CC)N(CCO)c1nccc2c1ncn2C. The zero-order valence-corrected chi connectivity index (χ0v) is 11.9. The van der Waals surface area contributed by atoms with Crippen LogP contribution < -0.4 is 4.90 Å². The first-order valence-corrected chi connectivity index (χ1v) is 6.86. The molecular weight excluding hydrogens is 240 g/mol. The van der Waals surface area contributed by atoms with Gasteiger partial charge in [-0.15, -0.1) is 0 Å². The Bertz CT molecular complexity index is 533. The number of nitrogens with zero attached hydrogens (tertiary/aromatic N) is 4. The molecule has 0 unspecified atom stereocenters. The Hall–Kier alpha value is -1.62. The molecule has 0 spiro atoms. The minimum atomic E-state index is 0.126. The van der Waals surface area contributed by atoms with Gasteiger partial charge in [0, 0.05) is 25.8 Å². The lowest BCUT2D eigenvalue weighted by molar-refractivity contribution is 0.295. The van der Waals surface area contributed by atoms with E-state index in [4.69, 9.17) is 0 Å². The summed E-state index contributed by atoms with van der Waals surface area (Å²) in [5.41, 5.74) is 1.98. The van der Waals surface area contributed by atoms with E-state index in [-0.39, 0.29) is 6.61 Å². The number of imidazole rings is 1. The van der Waals surface area contributed by atoms with Crippen molar-refractivity contribution in [3.8, 4) is 0 Å². The summed E-state index contributed by atoms with van der Waals surface area (Å²) < 4.78 is 1.99. The van der Waals surface area contributed by atoms with E-state index < -0.39 is 0 Å². The Balaban J connectivity index is 2.49. The molecule has 19 heavy (non-hydrogen) atoms. The summed E-state index contributed by atoms with van der Waals surface area (Å²) in [6, 6.07) is 2.35. The highest BCUT2D eigenvalue weighted by atomic mass is 16.3. The van der Waals surface area contributed by atoms with Gasteiger partial charge in [-0.05, 0) is 18.9 Å². The van der Waals surface area contributed by atoms with E-state index in [0.717, 1.165) is 29.7 Å². The Labute approximate surface area is 113 Å². The van der Waals surface area contributed by atoms with Crippen LogP contribution in [0, 0.1) is 0 Å². The number of aliphatic hydroxyl groups excluding tert-OH is 1. The second-order valence-electron chi connectivity index (χ2n) is 4.75. The van der Waals surface area contributed by atoms with Crippen LogP contribution in [0.15, 0.2) is 18.6 Å². The number of rotatable bonds is 6. The van der Waals surface area contributed by atoms with Crippen molar-refractivity contribution in [2.24, 2.45) is 7.05 Å². The maximum absolute atomic E-state index is 9.32. The van der Waals surface area contributed by atoms with Gasteiger partial charge in [0.1, 0.15) is 5.52 Å². The summed E-state index contributed by atoms with van der Waals surface area (Å²) in [6.07, 6.45) is 5.68. The van der Waals surface area contributed by atoms with Crippen LogP contribution in [-0.2, 0) is 7.05 Å². The third kappa shape index (κ3) is 2.56. The van der Waals surface area contributed by atoms with Crippen molar-refractivity contribution >= 4 is 16.9 Å². The lowest BCUT2D eigenvalue weighted by Crippen LogP contribution is -2.37. The number of aromatic nitrogens is 3. The summed E-state index contributed by atoms with van der Waals surface area (Å²) in [5.74, 6) is 0.876. The Morgan fingerprint density at radius 1 is 1.32 bits per heavy atom. The van der Waals surface area contributed by atoms with Crippen LogP contribution >= 0.6 is 0 Å². The fraction of sp³-hybridized carbons (Fsp3) is 0.571. The minimum absolute atomic E-state index is 0.126. The van der Waals surface area contributed by atoms with Gasteiger partial charge in [-0.3, -0.25) is 0 Å². The van der Waals surface area contributed by atoms with E-state index in [1.807, 2.05) is 23.9 Å². The molecule has 1 N–H and O–H groups in total. The lowest BCUT2D eigenvalue weighted by atomic mass is 10.1. The van der Waals surface area contributed by atoms with Crippen molar-refractivity contribution in [1.29, 1.82) is 0 Å². The fourth-order valence-electron chi connectivity index (χ4n) is 2.56. The maximum atomic E-state index is 9.32. The van der Waals surface area contributed by atoms with E-state index in [2.05, 4.69) is 28.7 Å². The highest BCUT2D eigenvalue weighted by molar-refractivity contribution is 5.86. The first-order chi connectivity index (χ1) is 9.22. The largest absolute Gasteiger partial charge is 0.395 e. The number of anilines is 1. The van der Waals surface area contributed by atoms with Crippen LogP contribution in [0.4, 0.5) is 5.82 Å². The van der Waals surface area contributed by atoms with Crippen molar-refractivity contribution in [3.05, 3.63) is 18.6 Å². The first-order valence-electron chi connectivity index (χ1n) is 6.86. The molecule has 0 atom stereocenters. The molecule has 0 aromatic carbocycles. The molecule has 5 nitrogen and oxygen atoms in total. The van der Waals surface area contributed by atoms with Crippen molar-refractivity contribution in [2.45, 2.75) is 32.7 Å². The average Bonchev–Trinajstić information content (AvgIpc) is 2.81. The summed E-state index contributed by atoms with van der Waals surface area (Å²) in [7, 11) is 1.98. The third-order valence-electron chi connectivity index (χ3n) is 3.62. The molecule has 0 aliphatic carbocycles. The zero-order chi connectivity index (χ0) is 13.8. The summed E-state index contributed by atoms with van der Waals surface area (Å²) in [5, 5.41) is 9.32. The number of pyridine rings is 1. The van der Waals surface area contributed by atoms with Crippen molar-refractivity contribution in [3.63, 3.8) is 0 Å². The van der Waals surface area contributed by atoms with Gasteiger partial charge < -0.3 is 14.6 Å². The summed E-state index contributed by atoms with van der Waals surface area (Å²) in [4.78, 5) is 11.1. The molecule has 5 heteroatoms. The summed E-state index contributed by atoms with van der Waals surface area (Å²) in [6.45, 7) is 5.05. The molecule has 2 rings (SSSR count). The van der Waals surface area contributed by atoms with E-state index >= 15 is 0 Å². The fourth-order valence-corrected chi connectivity index (χ4v) is 2.56. The number of hydrogen-bond acceptors (Lipinski definition) is 4. The highest BCUT2D eigenvalue weighted by Crippen LogP contribution is 2.25. The van der Waals surface area contributed by atoms with Crippen LogP contribution in [0.5, 0.6) is 0 Å². The van der Waals surface area contributed by atoms with Crippen LogP contribution in [0.2, 0.25) is 0 Å². The molecular formula is C14H22N4O. The molecule has 0 aliphatic rings. The number of aliphatic hydroxyl groups is 1. The van der Waals surface area contributed by atoms with Gasteiger partial charge in [-0.2, -0.15) is 0 Å². The predicted octanol–water partition coefficient (Wildman–Crippen LogP) is 1.96. The molecule has 0 aliphatic heterocycles. The van der Waals surface area contributed by atoms with Gasteiger partial charge in [-0.1, -0.05) is 13.8 Å². The molecule has 0 saturated heterocycles. The molecule has 0 amide bonds. The Morgan fingerprint density at radius 2 is 2.05 bits per heavy atom. The highest BCUT2D eigenvalue weighted by Gasteiger charge is 2.20. The number of aryl methyl sites for hydroxylation is 1. The van der Waals surface area contributed by atoms with Gasteiger partial charge in [0.05, 0.1) is 18.5 Å². The molecule has 0 radical (unpaired) electrons. The second-order valence-corrected chi connectivity index (χ2v) is 4.75. The standard InChI is InChI=1S/C14H22N4O/c1-4-11(5-2)18(8-9-19)14-13-12(6-7-15-14)17(3)10-16-13/h6-7,10-11,19H,4-5,8-9H2,1-3H3. The molecule has 104 valence electrons. The molecule has 2 aromatic rings. The lowest BCUT2D eigenvalue weighted by Gasteiger charge is -2.31. The van der Waals surface area contributed by atoms with Crippen molar-refractivity contribution in [1.82, 2.24) is 14.5 Å². The molecule has 0 fully saturated rings. The number of hydrogen-bond donors (Lipinski definition) is 1.